The number of rotatable bonds is 5. The van der Waals surface area contributed by atoms with Crippen LogP contribution in [-0.4, -0.2) is 0 Å². The van der Waals surface area contributed by atoms with Gasteiger partial charge in [-0.25, -0.2) is 0 Å². The SMILES string of the molecule is c1ccc(-c2ccc(N(c3cccc(-c4ccc5c(c4)-c4ccc6cccc7c6c4[C@H](C5)c4ccccc4-7)c3)c3cccc4sc5ccccc5c34)cc2)cc1. The Bertz CT molecular complexity index is 3170. The largest absolute Gasteiger partial charge is 0.310 e. The number of hydrogen-bond donors (Lipinski definition) is 0. The van der Waals surface area contributed by atoms with Gasteiger partial charge in [0.15, 0.2) is 0 Å². The molecule has 0 radical (unpaired) electrons. The monoisotopic (exact) mass is 729 g/mol. The highest BCUT2D eigenvalue weighted by Gasteiger charge is 2.33. The Morgan fingerprint density at radius 2 is 1.14 bits per heavy atom. The van der Waals surface area contributed by atoms with Crippen molar-refractivity contribution in [2.75, 3.05) is 4.90 Å². The number of thiophene rings is 1. The summed E-state index contributed by atoms with van der Waals surface area (Å²) in [7, 11) is 0. The van der Waals surface area contributed by atoms with Gasteiger partial charge in [-0.2, -0.15) is 0 Å². The van der Waals surface area contributed by atoms with Gasteiger partial charge in [0, 0.05) is 37.5 Å². The molecule has 0 saturated carbocycles. The molecule has 0 aliphatic heterocycles. The molecule has 0 amide bonds. The first-order valence-electron chi connectivity index (χ1n) is 19.5. The lowest BCUT2D eigenvalue weighted by Crippen LogP contribution is -2.17. The van der Waals surface area contributed by atoms with Crippen LogP contribution in [0.5, 0.6) is 0 Å². The molecule has 262 valence electrons. The van der Waals surface area contributed by atoms with E-state index in [-0.39, 0.29) is 0 Å². The van der Waals surface area contributed by atoms with Crippen LogP contribution in [0.15, 0.2) is 194 Å². The van der Waals surface area contributed by atoms with Gasteiger partial charge in [-0.3, -0.25) is 0 Å². The number of hydrogen-bond acceptors (Lipinski definition) is 2. The smallest absolute Gasteiger partial charge is 0.0554 e. The predicted molar refractivity (Wildman–Crippen MR) is 239 cm³/mol. The minimum Gasteiger partial charge on any atom is -0.310 e. The molecule has 56 heavy (non-hydrogen) atoms. The second-order valence-electron chi connectivity index (χ2n) is 15.2. The summed E-state index contributed by atoms with van der Waals surface area (Å²) < 4.78 is 2.60. The zero-order valence-corrected chi connectivity index (χ0v) is 31.4. The van der Waals surface area contributed by atoms with E-state index in [0.717, 1.165) is 17.8 Å². The van der Waals surface area contributed by atoms with Gasteiger partial charge >= 0.3 is 0 Å². The van der Waals surface area contributed by atoms with E-state index in [1.54, 1.807) is 0 Å². The third kappa shape index (κ3) is 4.79. The molecule has 0 unspecified atom stereocenters. The Labute approximate surface area is 330 Å². The van der Waals surface area contributed by atoms with E-state index < -0.39 is 0 Å². The molecule has 12 rings (SSSR count). The molecule has 0 bridgehead atoms. The van der Waals surface area contributed by atoms with Crippen molar-refractivity contribution < 1.29 is 0 Å². The summed E-state index contributed by atoms with van der Waals surface area (Å²) in [6.45, 7) is 0. The summed E-state index contributed by atoms with van der Waals surface area (Å²) in [5.74, 6) is 0.360. The molecule has 1 nitrogen and oxygen atoms in total. The van der Waals surface area contributed by atoms with Gasteiger partial charge in [0.2, 0.25) is 0 Å². The summed E-state index contributed by atoms with van der Waals surface area (Å²) in [5.41, 5.74) is 18.2. The summed E-state index contributed by atoms with van der Waals surface area (Å²) in [6.07, 6.45) is 1.01. The van der Waals surface area contributed by atoms with Crippen LogP contribution in [0.2, 0.25) is 0 Å². The van der Waals surface area contributed by atoms with Crippen molar-refractivity contribution in [1.82, 2.24) is 0 Å². The molecule has 0 fully saturated rings. The quantitative estimate of drug-likeness (QED) is 0.170. The highest BCUT2D eigenvalue weighted by Crippen LogP contribution is 2.54. The molecule has 2 heteroatoms. The van der Waals surface area contributed by atoms with Crippen LogP contribution in [-0.2, 0) is 6.42 Å². The van der Waals surface area contributed by atoms with Crippen LogP contribution in [0.25, 0.3) is 75.5 Å². The fourth-order valence-electron chi connectivity index (χ4n) is 9.67. The van der Waals surface area contributed by atoms with Crippen LogP contribution in [0.1, 0.15) is 22.6 Å². The Hall–Kier alpha value is -6.74. The molecule has 0 saturated heterocycles. The van der Waals surface area contributed by atoms with Gasteiger partial charge < -0.3 is 4.90 Å². The standard InChI is InChI=1S/C54H35NS/c1-2-11-34(12-3-1)35-25-28-40(29-26-35)55(49-20-10-22-51-54(49)46-18-6-7-21-50(46)56-51)41-15-8-14-37(31-41)38-23-24-39-33-48-43-17-5-4-16-42(43)44-19-9-13-36-27-30-45(47(39)32-38)53(48)52(36)44/h1-32,48H,33H2/t48-/m1/s1. The van der Waals surface area contributed by atoms with Crippen molar-refractivity contribution in [2.45, 2.75) is 12.3 Å². The molecule has 10 aromatic rings. The van der Waals surface area contributed by atoms with Gasteiger partial charge in [-0.15, -0.1) is 11.3 Å². The Morgan fingerprint density at radius 1 is 0.429 bits per heavy atom. The van der Waals surface area contributed by atoms with E-state index in [4.69, 9.17) is 0 Å². The topological polar surface area (TPSA) is 3.24 Å². The fourth-order valence-corrected chi connectivity index (χ4v) is 10.8. The highest BCUT2D eigenvalue weighted by molar-refractivity contribution is 7.26. The molecule has 1 atom stereocenters. The van der Waals surface area contributed by atoms with Crippen molar-refractivity contribution in [3.63, 3.8) is 0 Å². The Morgan fingerprint density at radius 3 is 2.07 bits per heavy atom. The van der Waals surface area contributed by atoms with E-state index in [2.05, 4.69) is 199 Å². The lowest BCUT2D eigenvalue weighted by molar-refractivity contribution is 0.798. The van der Waals surface area contributed by atoms with Crippen molar-refractivity contribution >= 4 is 59.3 Å². The highest BCUT2D eigenvalue weighted by atomic mass is 32.1. The van der Waals surface area contributed by atoms with Gasteiger partial charge in [0.25, 0.3) is 0 Å². The van der Waals surface area contributed by atoms with Crippen LogP contribution in [0.4, 0.5) is 17.1 Å². The number of benzene rings is 9. The predicted octanol–water partition coefficient (Wildman–Crippen LogP) is 15.3. The first-order valence-corrected chi connectivity index (χ1v) is 20.3. The number of anilines is 3. The molecule has 2 aliphatic carbocycles. The minimum atomic E-state index is 0.360. The minimum absolute atomic E-state index is 0.360. The summed E-state index contributed by atoms with van der Waals surface area (Å²) >= 11 is 1.87. The second-order valence-corrected chi connectivity index (χ2v) is 16.3. The Kier molecular flexibility index (Phi) is 6.99. The van der Waals surface area contributed by atoms with Gasteiger partial charge in [-0.1, -0.05) is 146 Å². The molecule has 0 spiro atoms. The molecular weight excluding hydrogens is 695 g/mol. The van der Waals surface area contributed by atoms with Crippen molar-refractivity contribution in [3.8, 4) is 44.5 Å². The molecule has 1 heterocycles. The van der Waals surface area contributed by atoms with Crippen molar-refractivity contribution in [2.24, 2.45) is 0 Å². The van der Waals surface area contributed by atoms with Gasteiger partial charge in [0.1, 0.15) is 0 Å². The molecule has 9 aromatic carbocycles. The number of fused-ring (bicyclic) bond motifs is 8. The summed E-state index contributed by atoms with van der Waals surface area (Å²) in [4.78, 5) is 2.45. The third-order valence-electron chi connectivity index (χ3n) is 12.2. The van der Waals surface area contributed by atoms with E-state index in [9.17, 15) is 0 Å². The van der Waals surface area contributed by atoms with Crippen LogP contribution in [0, 0.1) is 0 Å². The Balaban J connectivity index is 1.01. The van der Waals surface area contributed by atoms with E-state index in [1.807, 2.05) is 11.3 Å². The zero-order valence-electron chi connectivity index (χ0n) is 30.6. The molecule has 1 aromatic heterocycles. The fraction of sp³-hybridized carbons (Fsp3) is 0.0370. The van der Waals surface area contributed by atoms with E-state index in [1.165, 1.54) is 97.8 Å². The van der Waals surface area contributed by atoms with Crippen LogP contribution in [0.3, 0.4) is 0 Å². The van der Waals surface area contributed by atoms with Crippen LogP contribution >= 0.6 is 11.3 Å². The maximum absolute atomic E-state index is 2.46. The number of nitrogens with zero attached hydrogens (tertiary/aromatic N) is 1. The van der Waals surface area contributed by atoms with Crippen LogP contribution < -0.4 is 4.90 Å². The second kappa shape index (κ2) is 12.4. The zero-order chi connectivity index (χ0) is 36.7. The summed E-state index contributed by atoms with van der Waals surface area (Å²) in [5, 5.41) is 5.35. The first-order chi connectivity index (χ1) is 27.8. The molecule has 2 aliphatic rings. The first kappa shape index (κ1) is 31.6. The maximum atomic E-state index is 2.46. The van der Waals surface area contributed by atoms with Gasteiger partial charge in [-0.05, 0) is 127 Å². The molecular formula is C54H35NS. The lowest BCUT2D eigenvalue weighted by atomic mass is 9.68. The third-order valence-corrected chi connectivity index (χ3v) is 13.3. The van der Waals surface area contributed by atoms with E-state index in [0.29, 0.717) is 5.92 Å². The average Bonchev–Trinajstić information content (AvgIpc) is 3.66. The molecule has 0 N–H and O–H groups in total. The van der Waals surface area contributed by atoms with Gasteiger partial charge in [0.05, 0.1) is 5.69 Å². The summed E-state index contributed by atoms with van der Waals surface area (Å²) in [6, 6.07) is 72.2. The average molecular weight is 730 g/mol. The van der Waals surface area contributed by atoms with Crippen molar-refractivity contribution in [3.05, 3.63) is 211 Å². The van der Waals surface area contributed by atoms with E-state index >= 15 is 0 Å². The maximum Gasteiger partial charge on any atom is 0.0554 e. The lowest BCUT2D eigenvalue weighted by Gasteiger charge is -2.35. The van der Waals surface area contributed by atoms with Crippen molar-refractivity contribution in [1.29, 1.82) is 0 Å². The normalized spacial score (nSPS) is 13.8.